The van der Waals surface area contributed by atoms with E-state index in [9.17, 15) is 27.2 Å². The van der Waals surface area contributed by atoms with Gasteiger partial charge >= 0.3 is 18.3 Å². The first-order valence-electron chi connectivity index (χ1n) is 10.2. The first kappa shape index (κ1) is 28.9. The molecule has 0 saturated carbocycles. The summed E-state index contributed by atoms with van der Waals surface area (Å²) in [4.78, 5) is 27.9. The number of urea groups is 1. The van der Waals surface area contributed by atoms with Crippen molar-refractivity contribution in [3.05, 3.63) is 70.5 Å². The van der Waals surface area contributed by atoms with E-state index in [4.69, 9.17) is 4.74 Å². The maximum Gasteiger partial charge on any atom is 0.416 e. The molecule has 0 aliphatic heterocycles. The highest BCUT2D eigenvalue weighted by molar-refractivity contribution is 9.10. The summed E-state index contributed by atoms with van der Waals surface area (Å²) in [5.41, 5.74) is -0.799. The molecule has 0 fully saturated rings. The van der Waals surface area contributed by atoms with Gasteiger partial charge in [0.05, 0.1) is 28.6 Å². The number of alkyl halides is 3. The third-order valence-corrected chi connectivity index (χ3v) is 6.23. The third-order valence-electron chi connectivity index (χ3n) is 4.71. The molecule has 4 rings (SSSR count). The minimum absolute atomic E-state index is 0. The van der Waals surface area contributed by atoms with E-state index in [1.165, 1.54) is 30.6 Å². The number of hydrogen-bond acceptors (Lipinski definition) is 6. The van der Waals surface area contributed by atoms with Crippen molar-refractivity contribution in [3.8, 4) is 11.5 Å². The maximum absolute atomic E-state index is 13.9. The molecule has 0 bridgehead atoms. The smallest absolute Gasteiger partial charge is 0.416 e. The minimum Gasteiger partial charge on any atom is -0.457 e. The Morgan fingerprint density at radius 1 is 0.974 bits per heavy atom. The summed E-state index contributed by atoms with van der Waals surface area (Å²) in [6.07, 6.45) is -5.33. The zero-order valence-electron chi connectivity index (χ0n) is 19.0. The van der Waals surface area contributed by atoms with Crippen molar-refractivity contribution < 1.29 is 36.6 Å². The van der Waals surface area contributed by atoms with E-state index < -0.39 is 35.4 Å². The number of thiazole rings is 1. The van der Waals surface area contributed by atoms with Gasteiger partial charge in [0.2, 0.25) is 0 Å². The lowest BCUT2D eigenvalue weighted by molar-refractivity contribution is -0.137. The van der Waals surface area contributed by atoms with Gasteiger partial charge in [0.25, 0.3) is 0 Å². The Hall–Kier alpha value is -3.62. The topological polar surface area (TPSA) is 102 Å². The molecule has 8 nitrogen and oxygen atoms in total. The Morgan fingerprint density at radius 2 is 1.68 bits per heavy atom. The Bertz CT molecular complexity index is 1490. The lowest BCUT2D eigenvalue weighted by Crippen LogP contribution is -2.20. The Balaban J connectivity index is 0.00000400. The summed E-state index contributed by atoms with van der Waals surface area (Å²) in [5, 5.41) is 7.32. The highest BCUT2D eigenvalue weighted by atomic mass is 79.9. The molecule has 200 valence electrons. The molecular weight excluding hydrogens is 620 g/mol. The molecule has 0 radical (unpaired) electrons. The quantitative estimate of drug-likeness (QED) is 0.192. The van der Waals surface area contributed by atoms with E-state index >= 15 is 0 Å². The molecule has 1 heterocycles. The molecule has 0 saturated heterocycles. The van der Waals surface area contributed by atoms with Crippen molar-refractivity contribution >= 4 is 78.5 Å². The van der Waals surface area contributed by atoms with Gasteiger partial charge in [-0.1, -0.05) is 11.3 Å². The number of nitrogens with zero attached hydrogens (tertiary/aromatic N) is 1. The fraction of sp³-hybridized carbons (Fsp3) is 0.0870. The van der Waals surface area contributed by atoms with Gasteiger partial charge in [-0.3, -0.25) is 5.32 Å². The van der Waals surface area contributed by atoms with E-state index in [1.54, 1.807) is 24.3 Å². The molecule has 1 aromatic heterocycles. The number of hydrogen-bond donors (Lipinski definition) is 3. The lowest BCUT2D eigenvalue weighted by Gasteiger charge is -2.12. The van der Waals surface area contributed by atoms with Crippen LogP contribution in [0.5, 0.6) is 11.5 Å². The number of halogens is 6. The van der Waals surface area contributed by atoms with Gasteiger partial charge in [-0.25, -0.2) is 19.0 Å². The Kier molecular flexibility index (Phi) is 9.01. The van der Waals surface area contributed by atoms with E-state index in [0.29, 0.717) is 44.8 Å². The molecule has 4 aromatic rings. The highest BCUT2D eigenvalue weighted by Gasteiger charge is 2.31. The third kappa shape index (κ3) is 7.02. The van der Waals surface area contributed by atoms with Gasteiger partial charge in [-0.2, -0.15) is 13.2 Å². The van der Waals surface area contributed by atoms with Crippen molar-refractivity contribution in [3.63, 3.8) is 0 Å². The van der Waals surface area contributed by atoms with Gasteiger partial charge in [-0.15, -0.1) is 12.4 Å². The number of carbonyl (C=O) groups excluding carboxylic acids is 2. The van der Waals surface area contributed by atoms with Crippen LogP contribution in [0.15, 0.2) is 59.1 Å². The van der Waals surface area contributed by atoms with Crippen LogP contribution in [-0.2, 0) is 10.9 Å². The van der Waals surface area contributed by atoms with Crippen LogP contribution in [-0.4, -0.2) is 24.2 Å². The van der Waals surface area contributed by atoms with Crippen molar-refractivity contribution in [1.29, 1.82) is 0 Å². The molecule has 3 amide bonds. The molecule has 0 atom stereocenters. The zero-order chi connectivity index (χ0) is 26.7. The number of anilines is 3. The van der Waals surface area contributed by atoms with Gasteiger partial charge in [0.1, 0.15) is 17.3 Å². The SMILES string of the molecule is COC(=O)Nc1nc2c(Br)cc(Oc3ccc(NC(=O)Nc4cc(C(F)(F)F)ccc4F)cc3)cc2s1.Cl. The van der Waals surface area contributed by atoms with Gasteiger partial charge < -0.3 is 20.1 Å². The minimum atomic E-state index is -4.68. The largest absolute Gasteiger partial charge is 0.457 e. The second-order valence-corrected chi connectivity index (χ2v) is 9.17. The molecule has 0 unspecified atom stereocenters. The monoisotopic (exact) mass is 634 g/mol. The fourth-order valence-corrected chi connectivity index (χ4v) is 4.61. The Morgan fingerprint density at radius 3 is 2.34 bits per heavy atom. The first-order valence-corrected chi connectivity index (χ1v) is 11.8. The molecular formula is C23H16BrClF4N4O4S. The van der Waals surface area contributed by atoms with Crippen molar-refractivity contribution in [1.82, 2.24) is 4.98 Å². The number of benzene rings is 3. The predicted molar refractivity (Wildman–Crippen MR) is 141 cm³/mol. The molecule has 0 spiro atoms. The van der Waals surface area contributed by atoms with E-state index in [1.807, 2.05) is 0 Å². The van der Waals surface area contributed by atoms with Crippen LogP contribution in [0, 0.1) is 5.82 Å². The molecule has 38 heavy (non-hydrogen) atoms. The lowest BCUT2D eigenvalue weighted by atomic mass is 10.2. The summed E-state index contributed by atoms with van der Waals surface area (Å²) in [7, 11) is 1.24. The van der Waals surface area contributed by atoms with Crippen LogP contribution in [0.2, 0.25) is 0 Å². The molecule has 3 N–H and O–H groups in total. The standard InChI is InChI=1S/C23H15BrF4N4O4S.ClH/c1-35-22(34)32-21-31-19-15(24)9-14(10-18(19)37-21)36-13-5-3-12(4-6-13)29-20(33)30-17-8-11(23(26,27)28)2-7-16(17)25;/h2-10H,1H3,(H2,29,30,33)(H,31,32,34);1H. The predicted octanol–water partition coefficient (Wildman–Crippen LogP) is 8.25. The summed E-state index contributed by atoms with van der Waals surface area (Å²) >= 11 is 4.64. The summed E-state index contributed by atoms with van der Waals surface area (Å²) in [6.45, 7) is 0. The van der Waals surface area contributed by atoms with Crippen LogP contribution < -0.4 is 20.7 Å². The highest BCUT2D eigenvalue weighted by Crippen LogP contribution is 2.37. The molecule has 0 aliphatic rings. The normalized spacial score (nSPS) is 10.9. The van der Waals surface area contributed by atoms with E-state index in [-0.39, 0.29) is 18.1 Å². The average Bonchev–Trinajstić information content (AvgIpc) is 3.23. The number of ether oxygens (including phenoxy) is 2. The van der Waals surface area contributed by atoms with Crippen LogP contribution in [0.1, 0.15) is 5.56 Å². The van der Waals surface area contributed by atoms with E-state index in [0.717, 1.165) is 4.70 Å². The number of nitrogens with one attached hydrogen (secondary N) is 3. The number of rotatable bonds is 5. The van der Waals surface area contributed by atoms with Crippen molar-refractivity contribution in [2.45, 2.75) is 6.18 Å². The van der Waals surface area contributed by atoms with Crippen LogP contribution in [0.3, 0.4) is 0 Å². The van der Waals surface area contributed by atoms with Gasteiger partial charge in [0.15, 0.2) is 5.13 Å². The van der Waals surface area contributed by atoms with Crippen molar-refractivity contribution in [2.24, 2.45) is 0 Å². The number of amides is 3. The molecule has 15 heteroatoms. The van der Waals surface area contributed by atoms with Gasteiger partial charge in [0, 0.05) is 16.2 Å². The second-order valence-electron chi connectivity index (χ2n) is 7.29. The van der Waals surface area contributed by atoms with Crippen LogP contribution in [0.4, 0.5) is 43.7 Å². The number of carbonyl (C=O) groups is 2. The average molecular weight is 636 g/mol. The summed E-state index contributed by atoms with van der Waals surface area (Å²) < 4.78 is 64.2. The maximum atomic E-state index is 13.9. The second kappa shape index (κ2) is 11.8. The first-order chi connectivity index (χ1) is 17.5. The number of aromatic nitrogens is 1. The fourth-order valence-electron chi connectivity index (χ4n) is 3.04. The van der Waals surface area contributed by atoms with Gasteiger partial charge in [-0.05, 0) is 64.5 Å². The Labute approximate surface area is 230 Å². The summed E-state index contributed by atoms with van der Waals surface area (Å²) in [5.74, 6) is -0.131. The van der Waals surface area contributed by atoms with Crippen LogP contribution >= 0.6 is 39.7 Å². The van der Waals surface area contributed by atoms with Crippen molar-refractivity contribution in [2.75, 3.05) is 23.1 Å². The molecule has 3 aromatic carbocycles. The zero-order valence-corrected chi connectivity index (χ0v) is 22.2. The molecule has 0 aliphatic carbocycles. The summed E-state index contributed by atoms with van der Waals surface area (Å²) in [6, 6.07) is 10.3. The number of methoxy groups -OCH3 is 1. The number of fused-ring (bicyclic) bond motifs is 1. The van der Waals surface area contributed by atoms with E-state index in [2.05, 4.69) is 41.6 Å². The van der Waals surface area contributed by atoms with Crippen LogP contribution in [0.25, 0.3) is 10.2 Å².